The van der Waals surface area contributed by atoms with Gasteiger partial charge in [-0.2, -0.15) is 5.10 Å². The number of nitrogens with one attached hydrogen (secondary N) is 1. The van der Waals surface area contributed by atoms with Crippen molar-refractivity contribution in [3.8, 4) is 0 Å². The molecule has 1 fully saturated rings. The van der Waals surface area contributed by atoms with Crippen molar-refractivity contribution in [2.45, 2.75) is 25.0 Å². The molecule has 0 bridgehead atoms. The molecule has 2 aliphatic rings. The summed E-state index contributed by atoms with van der Waals surface area (Å²) in [5.74, 6) is -1.33. The van der Waals surface area contributed by atoms with Gasteiger partial charge < -0.3 is 4.74 Å². The number of amides is 2. The van der Waals surface area contributed by atoms with Crippen LogP contribution in [0.4, 0.5) is 5.69 Å². The van der Waals surface area contributed by atoms with Crippen molar-refractivity contribution >= 4 is 51.8 Å². The Labute approximate surface area is 174 Å². The van der Waals surface area contributed by atoms with Gasteiger partial charge in [-0.25, -0.2) is 9.69 Å². The van der Waals surface area contributed by atoms with Crippen LogP contribution in [0.25, 0.3) is 0 Å². The monoisotopic (exact) mass is 489 g/mol. The van der Waals surface area contributed by atoms with Gasteiger partial charge in [-0.15, -0.1) is 0 Å². The first-order valence-corrected chi connectivity index (χ1v) is 9.74. The van der Waals surface area contributed by atoms with Crippen molar-refractivity contribution in [3.05, 3.63) is 63.7 Å². The highest BCUT2D eigenvalue weighted by molar-refractivity contribution is 14.1. The zero-order valence-electron chi connectivity index (χ0n) is 14.7. The molecule has 1 saturated heterocycles. The molecule has 1 atom stereocenters. The van der Waals surface area contributed by atoms with E-state index in [1.54, 1.807) is 12.1 Å². The van der Waals surface area contributed by atoms with Crippen molar-refractivity contribution in [3.63, 3.8) is 0 Å². The maximum atomic E-state index is 13.0. The zero-order valence-corrected chi connectivity index (χ0v) is 16.9. The van der Waals surface area contributed by atoms with Gasteiger partial charge in [-0.3, -0.25) is 15.0 Å². The summed E-state index contributed by atoms with van der Waals surface area (Å²) >= 11 is 2.15. The number of hydrogen-bond acceptors (Lipinski definition) is 6. The average molecular weight is 489 g/mol. The van der Waals surface area contributed by atoms with Crippen LogP contribution in [0, 0.1) is 3.57 Å². The van der Waals surface area contributed by atoms with Gasteiger partial charge >= 0.3 is 5.97 Å². The molecule has 0 aliphatic carbocycles. The SMILES string of the molecule is O=C(OCc1ccccc1)C1=NNC2(CC(=O)N(c3ccc(I)cc3)C2=O)C1. The van der Waals surface area contributed by atoms with Crippen molar-refractivity contribution in [1.82, 2.24) is 5.43 Å². The Morgan fingerprint density at radius 2 is 1.82 bits per heavy atom. The van der Waals surface area contributed by atoms with E-state index in [9.17, 15) is 14.4 Å². The summed E-state index contributed by atoms with van der Waals surface area (Å²) in [5, 5.41) is 4.00. The fraction of sp³-hybridized carbons (Fsp3) is 0.200. The van der Waals surface area contributed by atoms with Crippen LogP contribution < -0.4 is 10.3 Å². The van der Waals surface area contributed by atoms with E-state index < -0.39 is 17.4 Å². The van der Waals surface area contributed by atoms with Crippen LogP contribution in [0.5, 0.6) is 0 Å². The minimum Gasteiger partial charge on any atom is -0.456 e. The minimum atomic E-state index is -1.22. The van der Waals surface area contributed by atoms with Gasteiger partial charge in [0.05, 0.1) is 12.1 Å². The third kappa shape index (κ3) is 3.39. The Hall–Kier alpha value is -2.75. The summed E-state index contributed by atoms with van der Waals surface area (Å²) < 4.78 is 6.28. The van der Waals surface area contributed by atoms with Crippen LogP contribution in [0.15, 0.2) is 59.7 Å². The normalized spacial score (nSPS) is 21.0. The van der Waals surface area contributed by atoms with E-state index in [1.807, 2.05) is 42.5 Å². The van der Waals surface area contributed by atoms with Crippen molar-refractivity contribution in [1.29, 1.82) is 0 Å². The second-order valence-corrected chi connectivity index (χ2v) is 7.92. The van der Waals surface area contributed by atoms with E-state index in [0.717, 1.165) is 14.0 Å². The fourth-order valence-electron chi connectivity index (χ4n) is 3.28. The Morgan fingerprint density at radius 1 is 1.11 bits per heavy atom. The third-order valence-electron chi connectivity index (χ3n) is 4.72. The highest BCUT2D eigenvalue weighted by Crippen LogP contribution is 2.34. The number of hydrogen-bond donors (Lipinski definition) is 1. The van der Waals surface area contributed by atoms with Gasteiger partial charge in [-0.05, 0) is 52.4 Å². The number of rotatable bonds is 4. The van der Waals surface area contributed by atoms with E-state index >= 15 is 0 Å². The van der Waals surface area contributed by atoms with E-state index in [4.69, 9.17) is 4.74 Å². The molecular weight excluding hydrogens is 473 g/mol. The highest BCUT2D eigenvalue weighted by atomic mass is 127. The number of esters is 1. The maximum Gasteiger partial charge on any atom is 0.354 e. The van der Waals surface area contributed by atoms with Crippen LogP contribution in [0.2, 0.25) is 0 Å². The second kappa shape index (κ2) is 7.34. The van der Waals surface area contributed by atoms with E-state index in [2.05, 4.69) is 33.1 Å². The van der Waals surface area contributed by atoms with Gasteiger partial charge in [0.25, 0.3) is 5.91 Å². The zero-order chi connectivity index (χ0) is 19.7. The number of nitrogens with zero attached hydrogens (tertiary/aromatic N) is 2. The lowest BCUT2D eigenvalue weighted by molar-refractivity contribution is -0.136. The second-order valence-electron chi connectivity index (χ2n) is 6.68. The molecule has 1 unspecified atom stereocenters. The van der Waals surface area contributed by atoms with Gasteiger partial charge in [-0.1, -0.05) is 30.3 Å². The van der Waals surface area contributed by atoms with E-state index in [0.29, 0.717) is 5.69 Å². The number of carbonyl (C=O) groups is 3. The van der Waals surface area contributed by atoms with Crippen LogP contribution in [-0.2, 0) is 25.7 Å². The van der Waals surface area contributed by atoms with E-state index in [-0.39, 0.29) is 31.1 Å². The molecule has 2 amide bonds. The molecule has 2 aromatic rings. The molecule has 0 radical (unpaired) electrons. The van der Waals surface area contributed by atoms with Crippen molar-refractivity contribution in [2.24, 2.45) is 5.10 Å². The van der Waals surface area contributed by atoms with Crippen LogP contribution in [0.1, 0.15) is 18.4 Å². The van der Waals surface area contributed by atoms with Crippen LogP contribution in [-0.4, -0.2) is 29.0 Å². The lowest BCUT2D eigenvalue weighted by atomic mass is 9.93. The standard InChI is InChI=1S/C20H16IN3O4/c21-14-6-8-15(9-7-14)24-17(25)11-20(19(24)27)10-16(22-23-20)18(26)28-12-13-4-2-1-3-5-13/h1-9,23H,10-12H2. The van der Waals surface area contributed by atoms with Crippen molar-refractivity contribution < 1.29 is 19.1 Å². The molecule has 2 aromatic carbocycles. The predicted octanol–water partition coefficient (Wildman–Crippen LogP) is 2.39. The Morgan fingerprint density at radius 3 is 2.54 bits per heavy atom. The Kier molecular flexibility index (Phi) is 4.88. The number of carbonyl (C=O) groups excluding carboxylic acids is 3. The molecule has 7 nitrogen and oxygen atoms in total. The number of halogens is 1. The third-order valence-corrected chi connectivity index (χ3v) is 5.44. The summed E-state index contributed by atoms with van der Waals surface area (Å²) in [6.07, 6.45) is -0.0388. The highest BCUT2D eigenvalue weighted by Gasteiger charge is 2.56. The minimum absolute atomic E-state index is 0.0199. The molecule has 8 heteroatoms. The Balaban J connectivity index is 1.44. The topological polar surface area (TPSA) is 88.1 Å². The maximum absolute atomic E-state index is 13.0. The molecule has 4 rings (SSSR count). The van der Waals surface area contributed by atoms with Gasteiger partial charge in [0.1, 0.15) is 17.9 Å². The van der Waals surface area contributed by atoms with Gasteiger partial charge in [0.2, 0.25) is 5.91 Å². The summed E-state index contributed by atoms with van der Waals surface area (Å²) in [6, 6.07) is 16.4. The Bertz CT molecular complexity index is 975. The van der Waals surface area contributed by atoms with Crippen molar-refractivity contribution in [2.75, 3.05) is 4.90 Å². The summed E-state index contributed by atoms with van der Waals surface area (Å²) in [6.45, 7) is 0.118. The summed E-state index contributed by atoms with van der Waals surface area (Å²) in [7, 11) is 0. The molecule has 142 valence electrons. The quantitative estimate of drug-likeness (QED) is 0.405. The molecule has 2 aliphatic heterocycles. The molecule has 28 heavy (non-hydrogen) atoms. The van der Waals surface area contributed by atoms with E-state index in [1.165, 1.54) is 0 Å². The molecule has 0 saturated carbocycles. The van der Waals surface area contributed by atoms with Crippen LogP contribution >= 0.6 is 22.6 Å². The number of benzene rings is 2. The molecular formula is C20H16IN3O4. The number of hydrazone groups is 1. The molecule has 1 N–H and O–H groups in total. The summed E-state index contributed by atoms with van der Waals surface area (Å²) in [4.78, 5) is 39.0. The summed E-state index contributed by atoms with van der Waals surface area (Å²) in [5.41, 5.74) is 2.98. The fourth-order valence-corrected chi connectivity index (χ4v) is 3.64. The molecule has 0 aromatic heterocycles. The lowest BCUT2D eigenvalue weighted by Crippen LogP contribution is -2.47. The smallest absolute Gasteiger partial charge is 0.354 e. The number of imide groups is 1. The van der Waals surface area contributed by atoms with Crippen LogP contribution in [0.3, 0.4) is 0 Å². The average Bonchev–Trinajstić information content (AvgIpc) is 3.23. The molecule has 1 spiro atoms. The lowest BCUT2D eigenvalue weighted by Gasteiger charge is -2.21. The van der Waals surface area contributed by atoms with Gasteiger partial charge in [0.15, 0.2) is 0 Å². The first-order valence-electron chi connectivity index (χ1n) is 8.66. The molecule has 2 heterocycles. The number of anilines is 1. The van der Waals surface area contributed by atoms with Gasteiger partial charge in [0, 0.05) is 9.99 Å². The number of ether oxygens (including phenoxy) is 1. The first-order chi connectivity index (χ1) is 13.5. The first kappa shape index (κ1) is 18.6. The predicted molar refractivity (Wildman–Crippen MR) is 110 cm³/mol. The largest absolute Gasteiger partial charge is 0.456 e.